The lowest BCUT2D eigenvalue weighted by molar-refractivity contribution is 0.0871. The van der Waals surface area contributed by atoms with E-state index in [1.165, 1.54) is 32.7 Å². The van der Waals surface area contributed by atoms with E-state index in [0.29, 0.717) is 0 Å². The molecule has 13 heavy (non-hydrogen) atoms. The molecule has 1 unspecified atom stereocenters. The maximum absolute atomic E-state index is 2.62. The fourth-order valence-electron chi connectivity index (χ4n) is 1.91. The first-order chi connectivity index (χ1) is 6.15. The molecule has 1 aliphatic heterocycles. The van der Waals surface area contributed by atoms with Crippen LogP contribution in [0.4, 0.5) is 0 Å². The molecule has 1 fully saturated rings. The van der Waals surface area contributed by atoms with E-state index in [-0.39, 0.29) is 0 Å². The highest BCUT2D eigenvalue weighted by molar-refractivity contribution is 4.77. The zero-order valence-corrected chi connectivity index (χ0v) is 9.58. The molecule has 0 bridgehead atoms. The van der Waals surface area contributed by atoms with Crippen molar-refractivity contribution in [2.24, 2.45) is 5.92 Å². The van der Waals surface area contributed by atoms with Crippen LogP contribution >= 0.6 is 0 Å². The van der Waals surface area contributed by atoms with Crippen LogP contribution in [0.25, 0.3) is 0 Å². The fourth-order valence-corrected chi connectivity index (χ4v) is 1.91. The van der Waals surface area contributed by atoms with Gasteiger partial charge in [0.25, 0.3) is 0 Å². The van der Waals surface area contributed by atoms with Crippen LogP contribution in [0, 0.1) is 5.92 Å². The molecule has 0 spiro atoms. The molecule has 0 saturated carbocycles. The monoisotopic (exact) mass is 184 g/mol. The van der Waals surface area contributed by atoms with Crippen molar-refractivity contribution in [2.45, 2.75) is 33.7 Å². The topological polar surface area (TPSA) is 6.48 Å². The van der Waals surface area contributed by atoms with Crippen LogP contribution in [0.5, 0.6) is 0 Å². The largest absolute Gasteiger partial charge is 0.301 e. The van der Waals surface area contributed by atoms with Gasteiger partial charge >= 0.3 is 0 Å². The van der Waals surface area contributed by atoms with Crippen LogP contribution < -0.4 is 0 Å². The van der Waals surface area contributed by atoms with Gasteiger partial charge in [0, 0.05) is 32.2 Å². The molecule has 1 heterocycles. The molecule has 0 aromatic heterocycles. The standard InChI is InChI=1S/C11H24N2/c1-5-12-6-8-13(9-7-12)11(4)10(2)3/h10-11H,5-9H2,1-4H3. The van der Waals surface area contributed by atoms with Crippen LogP contribution in [0.2, 0.25) is 0 Å². The summed E-state index contributed by atoms with van der Waals surface area (Å²) in [5.74, 6) is 0.785. The second-order valence-electron chi connectivity index (χ2n) is 4.45. The molecule has 0 radical (unpaired) electrons. The first-order valence-electron chi connectivity index (χ1n) is 5.61. The molecular formula is C11H24N2. The van der Waals surface area contributed by atoms with Crippen molar-refractivity contribution >= 4 is 0 Å². The Morgan fingerprint density at radius 1 is 1.00 bits per heavy atom. The summed E-state index contributed by atoms with van der Waals surface area (Å²) in [4.78, 5) is 5.15. The first-order valence-corrected chi connectivity index (χ1v) is 5.61. The lowest BCUT2D eigenvalue weighted by Crippen LogP contribution is -2.50. The Morgan fingerprint density at radius 2 is 1.54 bits per heavy atom. The highest BCUT2D eigenvalue weighted by Gasteiger charge is 2.21. The normalized spacial score (nSPS) is 23.8. The Morgan fingerprint density at radius 3 is 1.92 bits per heavy atom. The van der Waals surface area contributed by atoms with Gasteiger partial charge < -0.3 is 4.90 Å². The molecule has 2 nitrogen and oxygen atoms in total. The smallest absolute Gasteiger partial charge is 0.0113 e. The highest BCUT2D eigenvalue weighted by atomic mass is 15.3. The summed E-state index contributed by atoms with van der Waals surface area (Å²) in [5, 5.41) is 0. The third-order valence-corrected chi connectivity index (χ3v) is 3.39. The molecule has 78 valence electrons. The molecule has 1 rings (SSSR count). The van der Waals surface area contributed by atoms with Crippen molar-refractivity contribution in [3.05, 3.63) is 0 Å². The van der Waals surface area contributed by atoms with E-state index in [4.69, 9.17) is 0 Å². The van der Waals surface area contributed by atoms with Gasteiger partial charge in [-0.3, -0.25) is 4.90 Å². The summed E-state index contributed by atoms with van der Waals surface area (Å²) >= 11 is 0. The lowest BCUT2D eigenvalue weighted by Gasteiger charge is -2.39. The molecular weight excluding hydrogens is 160 g/mol. The maximum Gasteiger partial charge on any atom is 0.0113 e. The fraction of sp³-hybridized carbons (Fsp3) is 1.00. The number of nitrogens with zero attached hydrogens (tertiary/aromatic N) is 2. The summed E-state index contributed by atoms with van der Waals surface area (Å²) in [6.07, 6.45) is 0. The van der Waals surface area contributed by atoms with E-state index >= 15 is 0 Å². The third kappa shape index (κ3) is 2.96. The Hall–Kier alpha value is -0.0800. The van der Waals surface area contributed by atoms with Gasteiger partial charge in [0.15, 0.2) is 0 Å². The second kappa shape index (κ2) is 4.97. The van der Waals surface area contributed by atoms with Crippen LogP contribution in [-0.2, 0) is 0 Å². The average Bonchev–Trinajstić information content (AvgIpc) is 2.17. The number of hydrogen-bond donors (Lipinski definition) is 0. The maximum atomic E-state index is 2.62. The van der Waals surface area contributed by atoms with Crippen molar-refractivity contribution < 1.29 is 0 Å². The Balaban J connectivity index is 2.32. The Labute approximate surface area is 82.9 Å². The summed E-state index contributed by atoms with van der Waals surface area (Å²) in [6.45, 7) is 15.5. The minimum atomic E-state index is 0.749. The van der Waals surface area contributed by atoms with Gasteiger partial charge in [-0.15, -0.1) is 0 Å². The average molecular weight is 184 g/mol. The molecule has 1 atom stereocenters. The van der Waals surface area contributed by atoms with Crippen molar-refractivity contribution in [3.63, 3.8) is 0 Å². The van der Waals surface area contributed by atoms with Gasteiger partial charge in [0.05, 0.1) is 0 Å². The van der Waals surface area contributed by atoms with Crippen molar-refractivity contribution in [1.82, 2.24) is 9.80 Å². The van der Waals surface area contributed by atoms with Crippen LogP contribution in [0.15, 0.2) is 0 Å². The van der Waals surface area contributed by atoms with E-state index in [1.54, 1.807) is 0 Å². The minimum absolute atomic E-state index is 0.749. The zero-order valence-electron chi connectivity index (χ0n) is 9.58. The van der Waals surface area contributed by atoms with E-state index < -0.39 is 0 Å². The molecule has 0 aliphatic carbocycles. The quantitative estimate of drug-likeness (QED) is 0.658. The van der Waals surface area contributed by atoms with E-state index in [2.05, 4.69) is 37.5 Å². The van der Waals surface area contributed by atoms with Crippen LogP contribution in [0.1, 0.15) is 27.7 Å². The van der Waals surface area contributed by atoms with Gasteiger partial charge in [-0.05, 0) is 19.4 Å². The summed E-state index contributed by atoms with van der Waals surface area (Å²) in [7, 11) is 0. The predicted molar refractivity (Wildman–Crippen MR) is 58.0 cm³/mol. The third-order valence-electron chi connectivity index (χ3n) is 3.39. The molecule has 0 amide bonds. The molecule has 0 aromatic rings. The first kappa shape index (κ1) is 11.0. The molecule has 1 aliphatic rings. The Bertz CT molecular complexity index is 137. The molecule has 0 aromatic carbocycles. The van der Waals surface area contributed by atoms with E-state index in [1.807, 2.05) is 0 Å². The molecule has 2 heteroatoms. The zero-order chi connectivity index (χ0) is 9.84. The van der Waals surface area contributed by atoms with Gasteiger partial charge in [0.2, 0.25) is 0 Å². The second-order valence-corrected chi connectivity index (χ2v) is 4.45. The van der Waals surface area contributed by atoms with Crippen molar-refractivity contribution in [1.29, 1.82) is 0 Å². The number of rotatable bonds is 3. The number of piperazine rings is 1. The van der Waals surface area contributed by atoms with Crippen LogP contribution in [0.3, 0.4) is 0 Å². The Kier molecular flexibility index (Phi) is 4.20. The summed E-state index contributed by atoms with van der Waals surface area (Å²) in [5.41, 5.74) is 0. The van der Waals surface area contributed by atoms with Gasteiger partial charge in [0.1, 0.15) is 0 Å². The van der Waals surface area contributed by atoms with Crippen LogP contribution in [-0.4, -0.2) is 48.6 Å². The number of hydrogen-bond acceptors (Lipinski definition) is 2. The van der Waals surface area contributed by atoms with Gasteiger partial charge in [-0.2, -0.15) is 0 Å². The SMILES string of the molecule is CCN1CCN(C(C)C(C)C)CC1. The van der Waals surface area contributed by atoms with Gasteiger partial charge in [-0.25, -0.2) is 0 Å². The van der Waals surface area contributed by atoms with Gasteiger partial charge in [-0.1, -0.05) is 20.8 Å². The highest BCUT2D eigenvalue weighted by Crippen LogP contribution is 2.12. The van der Waals surface area contributed by atoms with Crippen molar-refractivity contribution in [3.8, 4) is 0 Å². The summed E-state index contributed by atoms with van der Waals surface area (Å²) in [6, 6.07) is 0.749. The number of likely N-dealkylation sites (N-methyl/N-ethyl adjacent to an activating group) is 1. The minimum Gasteiger partial charge on any atom is -0.301 e. The lowest BCUT2D eigenvalue weighted by atomic mass is 10.0. The summed E-state index contributed by atoms with van der Waals surface area (Å²) < 4.78 is 0. The van der Waals surface area contributed by atoms with Crippen molar-refractivity contribution in [2.75, 3.05) is 32.7 Å². The predicted octanol–water partition coefficient (Wildman–Crippen LogP) is 1.67. The molecule has 1 saturated heterocycles. The van der Waals surface area contributed by atoms with E-state index in [9.17, 15) is 0 Å². The van der Waals surface area contributed by atoms with E-state index in [0.717, 1.165) is 12.0 Å². The molecule has 0 N–H and O–H groups in total.